The SMILES string of the molecule is Cc1ccncc1NC(=O)c1cnn2c1C(=O)N(c1ccc(Cl)cc1)C[C@@H]2C. The normalized spacial score (nSPS) is 16.0. The second-order valence-corrected chi connectivity index (χ2v) is 7.17. The van der Waals surface area contributed by atoms with E-state index >= 15 is 0 Å². The maximum atomic E-state index is 13.2. The fourth-order valence-electron chi connectivity index (χ4n) is 3.26. The predicted octanol–water partition coefficient (Wildman–Crippen LogP) is 3.71. The molecule has 0 aliphatic carbocycles. The highest BCUT2D eigenvalue weighted by molar-refractivity contribution is 6.30. The number of nitrogens with zero attached hydrogens (tertiary/aromatic N) is 4. The molecule has 1 aliphatic rings. The number of rotatable bonds is 3. The van der Waals surface area contributed by atoms with Gasteiger partial charge in [-0.3, -0.25) is 19.3 Å². The molecule has 4 rings (SSSR count). The lowest BCUT2D eigenvalue weighted by molar-refractivity contribution is 0.0939. The van der Waals surface area contributed by atoms with E-state index in [0.717, 1.165) is 11.3 Å². The van der Waals surface area contributed by atoms with Gasteiger partial charge in [-0.25, -0.2) is 0 Å². The number of nitrogens with one attached hydrogen (secondary N) is 1. The van der Waals surface area contributed by atoms with Crippen molar-refractivity contribution >= 4 is 34.8 Å². The molecule has 0 saturated carbocycles. The Bertz CT molecular complexity index is 1060. The van der Waals surface area contributed by atoms with Gasteiger partial charge >= 0.3 is 0 Å². The zero-order valence-electron chi connectivity index (χ0n) is 15.4. The molecule has 2 amide bonds. The highest BCUT2D eigenvalue weighted by Gasteiger charge is 2.35. The number of amides is 2. The summed E-state index contributed by atoms with van der Waals surface area (Å²) in [5.74, 6) is -0.665. The molecule has 1 N–H and O–H groups in total. The molecule has 2 aromatic heterocycles. The minimum Gasteiger partial charge on any atom is -0.320 e. The number of aryl methyl sites for hydroxylation is 1. The van der Waals surface area contributed by atoms with Crippen LogP contribution in [0.15, 0.2) is 48.9 Å². The van der Waals surface area contributed by atoms with Crippen LogP contribution in [-0.2, 0) is 0 Å². The molecule has 0 bridgehead atoms. The first-order chi connectivity index (χ1) is 13.5. The van der Waals surface area contributed by atoms with Crippen LogP contribution in [0, 0.1) is 6.92 Å². The van der Waals surface area contributed by atoms with Crippen LogP contribution in [0.1, 0.15) is 39.4 Å². The summed E-state index contributed by atoms with van der Waals surface area (Å²) in [6, 6.07) is 8.78. The summed E-state index contributed by atoms with van der Waals surface area (Å²) >= 11 is 5.96. The topological polar surface area (TPSA) is 80.1 Å². The Kier molecular flexibility index (Phi) is 4.60. The molecular formula is C20H18ClN5O2. The van der Waals surface area contributed by atoms with Gasteiger partial charge in [0.05, 0.1) is 29.7 Å². The Morgan fingerprint density at radius 1 is 1.21 bits per heavy atom. The van der Waals surface area contributed by atoms with E-state index in [1.165, 1.54) is 6.20 Å². The largest absolute Gasteiger partial charge is 0.320 e. The predicted molar refractivity (Wildman–Crippen MR) is 107 cm³/mol. The van der Waals surface area contributed by atoms with Crippen LogP contribution in [-0.4, -0.2) is 33.1 Å². The highest BCUT2D eigenvalue weighted by atomic mass is 35.5. The summed E-state index contributed by atoms with van der Waals surface area (Å²) in [7, 11) is 0. The van der Waals surface area contributed by atoms with Crippen LogP contribution in [0.5, 0.6) is 0 Å². The van der Waals surface area contributed by atoms with E-state index in [1.807, 2.05) is 13.8 Å². The Morgan fingerprint density at radius 3 is 2.68 bits per heavy atom. The monoisotopic (exact) mass is 395 g/mol. The molecule has 3 aromatic rings. The molecule has 3 heterocycles. The third-order valence-electron chi connectivity index (χ3n) is 4.78. The molecule has 0 saturated heterocycles. The van der Waals surface area contributed by atoms with Gasteiger partial charge in [0.25, 0.3) is 11.8 Å². The molecule has 8 heteroatoms. The van der Waals surface area contributed by atoms with E-state index in [0.29, 0.717) is 17.3 Å². The number of carbonyl (C=O) groups is 2. The third-order valence-corrected chi connectivity index (χ3v) is 5.03. The number of halogens is 1. The third kappa shape index (κ3) is 3.14. The fourth-order valence-corrected chi connectivity index (χ4v) is 3.38. The molecule has 0 fully saturated rings. The van der Waals surface area contributed by atoms with Gasteiger partial charge in [0.1, 0.15) is 5.69 Å². The van der Waals surface area contributed by atoms with Crippen molar-refractivity contribution in [2.75, 3.05) is 16.8 Å². The zero-order chi connectivity index (χ0) is 19.8. The first-order valence-corrected chi connectivity index (χ1v) is 9.20. The molecule has 142 valence electrons. The molecule has 1 atom stereocenters. The van der Waals surface area contributed by atoms with Crippen LogP contribution in [0.4, 0.5) is 11.4 Å². The standard InChI is InChI=1S/C20H18ClN5O2/c1-12-7-8-22-10-17(12)24-19(27)16-9-23-26-13(2)11-25(20(28)18(16)26)15-5-3-14(21)4-6-15/h3-10,13H,11H2,1-2H3,(H,24,27)/t13-/m0/s1. The summed E-state index contributed by atoms with van der Waals surface area (Å²) in [6.07, 6.45) is 4.67. The maximum absolute atomic E-state index is 13.2. The number of benzene rings is 1. The molecule has 1 aliphatic heterocycles. The summed E-state index contributed by atoms with van der Waals surface area (Å²) in [6.45, 7) is 4.29. The van der Waals surface area contributed by atoms with Crippen molar-refractivity contribution < 1.29 is 9.59 Å². The smallest absolute Gasteiger partial charge is 0.277 e. The van der Waals surface area contributed by atoms with Crippen LogP contribution in [0.25, 0.3) is 0 Å². The molecule has 0 radical (unpaired) electrons. The van der Waals surface area contributed by atoms with Gasteiger partial charge in [0, 0.05) is 23.5 Å². The van der Waals surface area contributed by atoms with E-state index in [-0.39, 0.29) is 23.2 Å². The second kappa shape index (κ2) is 7.09. The average molecular weight is 396 g/mol. The van der Waals surface area contributed by atoms with Crippen LogP contribution in [0.3, 0.4) is 0 Å². The minimum absolute atomic E-state index is 0.0787. The van der Waals surface area contributed by atoms with E-state index in [1.54, 1.807) is 52.3 Å². The van der Waals surface area contributed by atoms with Crippen molar-refractivity contribution in [1.82, 2.24) is 14.8 Å². The van der Waals surface area contributed by atoms with E-state index in [4.69, 9.17) is 11.6 Å². The number of carbonyl (C=O) groups excluding carboxylic acids is 2. The van der Waals surface area contributed by atoms with E-state index in [2.05, 4.69) is 15.4 Å². The minimum atomic E-state index is -0.393. The number of aromatic nitrogens is 3. The summed E-state index contributed by atoms with van der Waals surface area (Å²) in [5.41, 5.74) is 2.71. The van der Waals surface area contributed by atoms with E-state index in [9.17, 15) is 9.59 Å². The number of pyridine rings is 1. The molecule has 0 spiro atoms. The van der Waals surface area contributed by atoms with Gasteiger partial charge in [0.15, 0.2) is 0 Å². The number of hydrogen-bond donors (Lipinski definition) is 1. The van der Waals surface area contributed by atoms with Crippen molar-refractivity contribution in [3.63, 3.8) is 0 Å². The Balaban J connectivity index is 1.69. The van der Waals surface area contributed by atoms with Gasteiger partial charge < -0.3 is 10.2 Å². The van der Waals surface area contributed by atoms with Gasteiger partial charge in [-0.05, 0) is 49.7 Å². The molecule has 0 unspecified atom stereocenters. The van der Waals surface area contributed by atoms with Crippen molar-refractivity contribution in [1.29, 1.82) is 0 Å². The molecule has 1 aromatic carbocycles. The average Bonchev–Trinajstić information content (AvgIpc) is 3.13. The molecule has 7 nitrogen and oxygen atoms in total. The van der Waals surface area contributed by atoms with Crippen LogP contribution >= 0.6 is 11.6 Å². The quantitative estimate of drug-likeness (QED) is 0.733. The summed E-state index contributed by atoms with van der Waals surface area (Å²) in [4.78, 5) is 31.7. The lowest BCUT2D eigenvalue weighted by atomic mass is 10.1. The Labute approximate surface area is 166 Å². The first kappa shape index (κ1) is 18.2. The lowest BCUT2D eigenvalue weighted by Crippen LogP contribution is -2.43. The van der Waals surface area contributed by atoms with E-state index < -0.39 is 5.91 Å². The number of fused-ring (bicyclic) bond motifs is 1. The first-order valence-electron chi connectivity index (χ1n) is 8.82. The van der Waals surface area contributed by atoms with Crippen molar-refractivity contribution in [3.8, 4) is 0 Å². The zero-order valence-corrected chi connectivity index (χ0v) is 16.1. The summed E-state index contributed by atoms with van der Waals surface area (Å²) in [5, 5.41) is 7.70. The highest BCUT2D eigenvalue weighted by Crippen LogP contribution is 2.29. The lowest BCUT2D eigenvalue weighted by Gasteiger charge is -2.32. The summed E-state index contributed by atoms with van der Waals surface area (Å²) < 4.78 is 1.61. The molecule has 28 heavy (non-hydrogen) atoms. The van der Waals surface area contributed by atoms with Gasteiger partial charge in [-0.15, -0.1) is 0 Å². The number of anilines is 2. The van der Waals surface area contributed by atoms with Crippen molar-refractivity contribution in [2.24, 2.45) is 0 Å². The van der Waals surface area contributed by atoms with Gasteiger partial charge in [-0.2, -0.15) is 5.10 Å². The van der Waals surface area contributed by atoms with Crippen molar-refractivity contribution in [2.45, 2.75) is 19.9 Å². The fraction of sp³-hybridized carbons (Fsp3) is 0.200. The maximum Gasteiger partial charge on any atom is 0.277 e. The number of hydrogen-bond acceptors (Lipinski definition) is 4. The molecular weight excluding hydrogens is 378 g/mol. The van der Waals surface area contributed by atoms with Crippen molar-refractivity contribution in [3.05, 3.63) is 70.8 Å². The van der Waals surface area contributed by atoms with Crippen LogP contribution < -0.4 is 10.2 Å². The van der Waals surface area contributed by atoms with Gasteiger partial charge in [0.2, 0.25) is 0 Å². The van der Waals surface area contributed by atoms with Crippen LogP contribution in [0.2, 0.25) is 5.02 Å². The Morgan fingerprint density at radius 2 is 1.96 bits per heavy atom. The Hall–Kier alpha value is -3.19. The second-order valence-electron chi connectivity index (χ2n) is 6.74. The van der Waals surface area contributed by atoms with Gasteiger partial charge in [-0.1, -0.05) is 11.6 Å².